The quantitative estimate of drug-likeness (QED) is 0.412. The van der Waals surface area contributed by atoms with Crippen molar-refractivity contribution in [1.82, 2.24) is 10.2 Å². The molecule has 188 valence electrons. The van der Waals surface area contributed by atoms with E-state index in [1.807, 2.05) is 0 Å². The number of benzene rings is 2. The van der Waals surface area contributed by atoms with Gasteiger partial charge in [-0.05, 0) is 36.2 Å². The van der Waals surface area contributed by atoms with Gasteiger partial charge in [-0.15, -0.1) is 6.42 Å². The molecule has 36 heavy (non-hydrogen) atoms. The first kappa shape index (κ1) is 26.3. The minimum atomic E-state index is -3.91. The van der Waals surface area contributed by atoms with E-state index in [1.165, 1.54) is 44.2 Å². The predicted octanol–water partition coefficient (Wildman–Crippen LogP) is 2.84. The number of aryl methyl sites for hydroxylation is 1. The summed E-state index contributed by atoms with van der Waals surface area (Å²) in [5.41, 5.74) is 1.50. The van der Waals surface area contributed by atoms with Gasteiger partial charge in [0.15, 0.2) is 5.75 Å². The first-order valence-corrected chi connectivity index (χ1v) is 12.5. The highest BCUT2D eigenvalue weighted by Crippen LogP contribution is 2.29. The number of fused-ring (bicyclic) bond motifs is 1. The molecule has 0 aliphatic heterocycles. The first-order chi connectivity index (χ1) is 16.9. The summed E-state index contributed by atoms with van der Waals surface area (Å²) < 4.78 is 35.9. The summed E-state index contributed by atoms with van der Waals surface area (Å²) in [7, 11) is 0.462. The van der Waals surface area contributed by atoms with Crippen LogP contribution in [0.2, 0.25) is 0 Å². The maximum atomic E-state index is 12.9. The molecule has 0 saturated heterocycles. The molecule has 0 radical (unpaired) electrons. The molecule has 0 aliphatic rings. The number of sulfonamides is 1. The molecule has 0 fully saturated rings. The van der Waals surface area contributed by atoms with Crippen LogP contribution in [0.3, 0.4) is 0 Å². The zero-order chi connectivity index (χ0) is 26.8. The SMILES string of the molecule is C#Cc1cc2c(C)c(Cc3cccc(N(C(=O)NC)S(C)(=O)=O)c3)c(=O)oc2cc1OC(=O)N(C)C. The summed E-state index contributed by atoms with van der Waals surface area (Å²) in [6, 6.07) is 8.46. The minimum Gasteiger partial charge on any atom is -0.422 e. The highest BCUT2D eigenvalue weighted by Gasteiger charge is 2.25. The van der Waals surface area contributed by atoms with E-state index in [1.54, 1.807) is 25.1 Å². The number of hydrogen-bond donors (Lipinski definition) is 1. The van der Waals surface area contributed by atoms with Crippen LogP contribution >= 0.6 is 0 Å². The third-order valence-electron chi connectivity index (χ3n) is 5.36. The lowest BCUT2D eigenvalue weighted by molar-refractivity contribution is 0.172. The van der Waals surface area contributed by atoms with Gasteiger partial charge in [-0.25, -0.2) is 22.8 Å². The number of nitrogens with one attached hydrogen (secondary N) is 1. The highest BCUT2D eigenvalue weighted by molar-refractivity contribution is 7.92. The maximum absolute atomic E-state index is 12.9. The van der Waals surface area contributed by atoms with Crippen molar-refractivity contribution in [2.45, 2.75) is 13.3 Å². The lowest BCUT2D eigenvalue weighted by Gasteiger charge is -2.20. The standard InChI is InChI=1S/C25H25N3O7S/c1-7-17-13-19-15(2)20(23(29)34-22(19)14-21(17)35-25(31)27(4)5)12-16-9-8-10-18(11-16)28(24(30)26-3)36(6,32)33/h1,8-11,13-14H,12H2,2-6H3,(H,26,30). The third-order valence-corrected chi connectivity index (χ3v) is 6.40. The van der Waals surface area contributed by atoms with Gasteiger partial charge in [-0.3, -0.25) is 0 Å². The van der Waals surface area contributed by atoms with Gasteiger partial charge < -0.3 is 19.4 Å². The molecule has 1 N–H and O–H groups in total. The van der Waals surface area contributed by atoms with Crippen LogP contribution in [-0.4, -0.2) is 52.8 Å². The van der Waals surface area contributed by atoms with Crippen molar-refractivity contribution < 1.29 is 27.2 Å². The second-order valence-corrected chi connectivity index (χ2v) is 10.0. The van der Waals surface area contributed by atoms with Crippen molar-refractivity contribution in [2.75, 3.05) is 31.7 Å². The number of hydrogen-bond acceptors (Lipinski definition) is 7. The van der Waals surface area contributed by atoms with E-state index in [9.17, 15) is 22.8 Å². The van der Waals surface area contributed by atoms with Crippen molar-refractivity contribution in [3.05, 3.63) is 69.1 Å². The van der Waals surface area contributed by atoms with Crippen LogP contribution in [0.4, 0.5) is 15.3 Å². The summed E-state index contributed by atoms with van der Waals surface area (Å²) >= 11 is 0. The largest absolute Gasteiger partial charge is 0.422 e. The Morgan fingerprint density at radius 2 is 1.89 bits per heavy atom. The molecule has 11 heteroatoms. The number of nitrogens with zero attached hydrogens (tertiary/aromatic N) is 2. The van der Waals surface area contributed by atoms with E-state index < -0.39 is 27.8 Å². The Kier molecular flexibility index (Phi) is 7.40. The Morgan fingerprint density at radius 3 is 2.47 bits per heavy atom. The average molecular weight is 512 g/mol. The minimum absolute atomic E-state index is 0.0850. The zero-order valence-corrected chi connectivity index (χ0v) is 21.2. The molecule has 3 amide bonds. The topological polar surface area (TPSA) is 126 Å². The molecule has 0 aliphatic carbocycles. The molecule has 10 nitrogen and oxygen atoms in total. The molecule has 0 atom stereocenters. The van der Waals surface area contributed by atoms with Gasteiger partial charge in [-0.1, -0.05) is 18.1 Å². The van der Waals surface area contributed by atoms with E-state index in [2.05, 4.69) is 11.2 Å². The average Bonchev–Trinajstić information content (AvgIpc) is 2.80. The van der Waals surface area contributed by atoms with Gasteiger partial charge in [0, 0.05) is 44.6 Å². The zero-order valence-electron chi connectivity index (χ0n) is 20.4. The van der Waals surface area contributed by atoms with Crippen molar-refractivity contribution in [1.29, 1.82) is 0 Å². The molecule has 0 bridgehead atoms. The van der Waals surface area contributed by atoms with Crippen molar-refractivity contribution in [3.63, 3.8) is 0 Å². The van der Waals surface area contributed by atoms with Crippen LogP contribution in [0.15, 0.2) is 45.6 Å². The Hall–Kier alpha value is -4.30. The first-order valence-electron chi connectivity index (χ1n) is 10.6. The van der Waals surface area contributed by atoms with Crippen LogP contribution in [0.5, 0.6) is 5.75 Å². The van der Waals surface area contributed by atoms with E-state index in [0.717, 1.165) is 6.26 Å². The molecule has 0 unspecified atom stereocenters. The second kappa shape index (κ2) is 10.1. The Bertz CT molecular complexity index is 1570. The Balaban J connectivity index is 2.08. The summed E-state index contributed by atoms with van der Waals surface area (Å²) in [6.45, 7) is 1.73. The number of terminal acetylenes is 1. The van der Waals surface area contributed by atoms with E-state index in [-0.39, 0.29) is 23.4 Å². The fraction of sp³-hybridized carbons (Fsp3) is 0.240. The third kappa shape index (κ3) is 5.34. The lowest BCUT2D eigenvalue weighted by Crippen LogP contribution is -2.42. The number of carbonyl (C=O) groups is 2. The normalized spacial score (nSPS) is 11.0. The lowest BCUT2D eigenvalue weighted by atomic mass is 9.98. The summed E-state index contributed by atoms with van der Waals surface area (Å²) in [4.78, 5) is 38.3. The van der Waals surface area contributed by atoms with E-state index in [4.69, 9.17) is 15.6 Å². The van der Waals surface area contributed by atoms with E-state index in [0.29, 0.717) is 31.9 Å². The molecular weight excluding hydrogens is 486 g/mol. The van der Waals surface area contributed by atoms with Crippen LogP contribution in [0, 0.1) is 19.3 Å². The van der Waals surface area contributed by atoms with Crippen LogP contribution in [-0.2, 0) is 16.4 Å². The molecule has 3 rings (SSSR count). The summed E-state index contributed by atoms with van der Waals surface area (Å²) in [5.74, 6) is 2.56. The summed E-state index contributed by atoms with van der Waals surface area (Å²) in [6.07, 6.45) is 6.00. The monoisotopic (exact) mass is 511 g/mol. The number of rotatable bonds is 5. The molecule has 3 aromatic rings. The number of ether oxygens (including phenoxy) is 1. The van der Waals surface area contributed by atoms with Crippen LogP contribution in [0.1, 0.15) is 22.3 Å². The molecule has 2 aromatic carbocycles. The van der Waals surface area contributed by atoms with Crippen molar-refractivity contribution in [2.24, 2.45) is 0 Å². The van der Waals surface area contributed by atoms with Crippen LogP contribution < -0.4 is 20.0 Å². The van der Waals surface area contributed by atoms with E-state index >= 15 is 0 Å². The fourth-order valence-electron chi connectivity index (χ4n) is 3.56. The van der Waals surface area contributed by atoms with Gasteiger partial charge in [0.1, 0.15) is 5.58 Å². The number of urea groups is 1. The molecule has 0 spiro atoms. The molecular formula is C25H25N3O7S. The van der Waals surface area contributed by atoms with Gasteiger partial charge in [-0.2, -0.15) is 4.31 Å². The number of anilines is 1. The van der Waals surface area contributed by atoms with Crippen LogP contribution in [0.25, 0.3) is 11.0 Å². The fourth-order valence-corrected chi connectivity index (χ4v) is 4.45. The summed E-state index contributed by atoms with van der Waals surface area (Å²) in [5, 5.41) is 2.86. The Morgan fingerprint density at radius 1 is 1.19 bits per heavy atom. The number of carbonyl (C=O) groups excluding carboxylic acids is 2. The van der Waals surface area contributed by atoms with Gasteiger partial charge in [0.25, 0.3) is 0 Å². The number of amides is 3. The highest BCUT2D eigenvalue weighted by atomic mass is 32.2. The molecule has 1 heterocycles. The van der Waals surface area contributed by atoms with Gasteiger partial charge in [0.2, 0.25) is 10.0 Å². The maximum Gasteiger partial charge on any atom is 0.414 e. The Labute approximate surface area is 208 Å². The van der Waals surface area contributed by atoms with Gasteiger partial charge in [0.05, 0.1) is 17.5 Å². The smallest absolute Gasteiger partial charge is 0.414 e. The molecule has 1 aromatic heterocycles. The second-order valence-electron chi connectivity index (χ2n) is 8.17. The predicted molar refractivity (Wildman–Crippen MR) is 136 cm³/mol. The van der Waals surface area contributed by atoms with Crippen molar-refractivity contribution >= 4 is 38.8 Å². The van der Waals surface area contributed by atoms with Crippen molar-refractivity contribution in [3.8, 4) is 18.1 Å². The van der Waals surface area contributed by atoms with Gasteiger partial charge >= 0.3 is 17.7 Å². The molecule has 0 saturated carbocycles.